The molecule has 3 aromatic rings. The quantitative estimate of drug-likeness (QED) is 0.489. The summed E-state index contributed by atoms with van der Waals surface area (Å²) in [6, 6.07) is 14.7. The van der Waals surface area contributed by atoms with Gasteiger partial charge in [0.05, 0.1) is 20.8 Å². The highest BCUT2D eigenvalue weighted by Gasteiger charge is 2.12. The Morgan fingerprint density at radius 3 is 2.44 bits per heavy atom. The van der Waals surface area contributed by atoms with E-state index in [4.69, 9.17) is 18.9 Å². The molecule has 0 aliphatic rings. The summed E-state index contributed by atoms with van der Waals surface area (Å²) in [6.07, 6.45) is 4.13. The van der Waals surface area contributed by atoms with Crippen molar-refractivity contribution < 1.29 is 23.7 Å². The third-order valence-electron chi connectivity index (χ3n) is 4.77. The predicted octanol–water partition coefficient (Wildman–Crippen LogP) is 4.05. The summed E-state index contributed by atoms with van der Waals surface area (Å²) >= 11 is 0. The standard InChI is InChI=1S/C25H28N2O5/c1-4-31-24-15-20(8-10-22(24)32-17-19-6-5-12-26-16-19)25(28)27-13-11-18-7-9-21(29-2)23(14-18)30-3/h5-10,12,14-16H,4,11,13,17H2,1-3H3,(H,27,28). The number of aromatic nitrogens is 1. The Hall–Kier alpha value is -3.74. The highest BCUT2D eigenvalue weighted by molar-refractivity contribution is 5.94. The number of nitrogens with one attached hydrogen (secondary N) is 1. The van der Waals surface area contributed by atoms with E-state index in [0.717, 1.165) is 11.1 Å². The van der Waals surface area contributed by atoms with Crippen LogP contribution in [0.15, 0.2) is 60.9 Å². The number of ether oxygens (including phenoxy) is 4. The second kappa shape index (κ2) is 11.6. The fraction of sp³-hybridized carbons (Fsp3) is 0.280. The lowest BCUT2D eigenvalue weighted by Gasteiger charge is -2.14. The van der Waals surface area contributed by atoms with Gasteiger partial charge in [-0.25, -0.2) is 0 Å². The molecule has 0 saturated carbocycles. The van der Waals surface area contributed by atoms with Crippen molar-refractivity contribution in [3.8, 4) is 23.0 Å². The number of carbonyl (C=O) groups excluding carboxylic acids is 1. The van der Waals surface area contributed by atoms with E-state index in [1.807, 2.05) is 37.3 Å². The Bertz CT molecular complexity index is 1020. The van der Waals surface area contributed by atoms with Crippen molar-refractivity contribution in [3.63, 3.8) is 0 Å². The number of methoxy groups -OCH3 is 2. The first-order valence-electron chi connectivity index (χ1n) is 10.4. The first-order valence-corrected chi connectivity index (χ1v) is 10.4. The van der Waals surface area contributed by atoms with Crippen molar-refractivity contribution in [1.82, 2.24) is 10.3 Å². The summed E-state index contributed by atoms with van der Waals surface area (Å²) in [4.78, 5) is 16.7. The smallest absolute Gasteiger partial charge is 0.251 e. The Balaban J connectivity index is 1.60. The lowest BCUT2D eigenvalue weighted by Crippen LogP contribution is -2.25. The molecule has 0 unspecified atom stereocenters. The number of carbonyl (C=O) groups is 1. The van der Waals surface area contributed by atoms with Crippen LogP contribution in [-0.4, -0.2) is 38.3 Å². The Labute approximate surface area is 188 Å². The van der Waals surface area contributed by atoms with Gasteiger partial charge in [-0.3, -0.25) is 9.78 Å². The fourth-order valence-corrected chi connectivity index (χ4v) is 3.14. The van der Waals surface area contributed by atoms with E-state index in [1.165, 1.54) is 0 Å². The maximum Gasteiger partial charge on any atom is 0.251 e. The van der Waals surface area contributed by atoms with Gasteiger partial charge in [0.2, 0.25) is 0 Å². The molecule has 1 aromatic heterocycles. The maximum absolute atomic E-state index is 12.6. The van der Waals surface area contributed by atoms with Crippen LogP contribution in [0.4, 0.5) is 0 Å². The zero-order valence-corrected chi connectivity index (χ0v) is 18.6. The van der Waals surface area contributed by atoms with Crippen LogP contribution in [0.5, 0.6) is 23.0 Å². The number of pyridine rings is 1. The molecule has 0 atom stereocenters. The van der Waals surface area contributed by atoms with E-state index in [9.17, 15) is 4.79 Å². The molecule has 0 aliphatic heterocycles. The molecule has 0 aliphatic carbocycles. The summed E-state index contributed by atoms with van der Waals surface area (Å²) in [5.74, 6) is 2.28. The molecule has 0 spiro atoms. The average molecular weight is 437 g/mol. The molecule has 0 saturated heterocycles. The Kier molecular flexibility index (Phi) is 8.31. The van der Waals surface area contributed by atoms with Crippen molar-refractivity contribution in [1.29, 1.82) is 0 Å². The van der Waals surface area contributed by atoms with Crippen molar-refractivity contribution in [3.05, 3.63) is 77.6 Å². The van der Waals surface area contributed by atoms with Gasteiger partial charge < -0.3 is 24.3 Å². The normalized spacial score (nSPS) is 10.3. The number of rotatable bonds is 11. The largest absolute Gasteiger partial charge is 0.493 e. The average Bonchev–Trinajstić information content (AvgIpc) is 2.83. The van der Waals surface area contributed by atoms with Gasteiger partial charge in [0.1, 0.15) is 6.61 Å². The molecule has 0 fully saturated rings. The van der Waals surface area contributed by atoms with Crippen LogP contribution >= 0.6 is 0 Å². The summed E-state index contributed by atoms with van der Waals surface area (Å²) < 4.78 is 22.1. The first-order chi connectivity index (χ1) is 15.6. The summed E-state index contributed by atoms with van der Waals surface area (Å²) in [7, 11) is 3.20. The lowest BCUT2D eigenvalue weighted by atomic mass is 10.1. The second-order valence-electron chi connectivity index (χ2n) is 6.94. The summed E-state index contributed by atoms with van der Waals surface area (Å²) in [5, 5.41) is 2.94. The van der Waals surface area contributed by atoms with Gasteiger partial charge in [-0.1, -0.05) is 12.1 Å². The van der Waals surface area contributed by atoms with Crippen molar-refractivity contribution >= 4 is 5.91 Å². The van der Waals surface area contributed by atoms with Crippen LogP contribution < -0.4 is 24.3 Å². The van der Waals surface area contributed by atoms with Gasteiger partial charge in [0.15, 0.2) is 23.0 Å². The summed E-state index contributed by atoms with van der Waals surface area (Å²) in [5.41, 5.74) is 2.50. The number of nitrogens with zero attached hydrogens (tertiary/aromatic N) is 1. The van der Waals surface area contributed by atoms with E-state index < -0.39 is 0 Å². The number of benzene rings is 2. The van der Waals surface area contributed by atoms with Crippen molar-refractivity contribution in [2.24, 2.45) is 0 Å². The lowest BCUT2D eigenvalue weighted by molar-refractivity contribution is 0.0953. The van der Waals surface area contributed by atoms with Crippen LogP contribution in [0.2, 0.25) is 0 Å². The minimum atomic E-state index is -0.176. The third-order valence-corrected chi connectivity index (χ3v) is 4.77. The van der Waals surface area contributed by atoms with Crippen molar-refractivity contribution in [2.45, 2.75) is 20.0 Å². The van der Waals surface area contributed by atoms with Gasteiger partial charge in [-0.2, -0.15) is 0 Å². The third kappa shape index (κ3) is 6.14. The van der Waals surface area contributed by atoms with E-state index in [1.54, 1.807) is 44.8 Å². The van der Waals surface area contributed by atoms with E-state index in [2.05, 4.69) is 10.3 Å². The Morgan fingerprint density at radius 2 is 1.72 bits per heavy atom. The minimum Gasteiger partial charge on any atom is -0.493 e. The molecular weight excluding hydrogens is 408 g/mol. The molecule has 7 nitrogen and oxygen atoms in total. The van der Waals surface area contributed by atoms with E-state index in [-0.39, 0.29) is 5.91 Å². The van der Waals surface area contributed by atoms with Crippen LogP contribution in [0, 0.1) is 0 Å². The maximum atomic E-state index is 12.6. The van der Waals surface area contributed by atoms with Crippen LogP contribution in [0.25, 0.3) is 0 Å². The SMILES string of the molecule is CCOc1cc(C(=O)NCCc2ccc(OC)c(OC)c2)ccc1OCc1cccnc1. The second-order valence-corrected chi connectivity index (χ2v) is 6.94. The van der Waals surface area contributed by atoms with E-state index in [0.29, 0.717) is 54.7 Å². The van der Waals surface area contributed by atoms with Crippen LogP contribution in [-0.2, 0) is 13.0 Å². The first kappa shape index (κ1) is 22.9. The predicted molar refractivity (Wildman–Crippen MR) is 122 cm³/mol. The molecule has 7 heteroatoms. The number of amides is 1. The molecule has 0 bridgehead atoms. The van der Waals surface area contributed by atoms with Gasteiger partial charge in [0, 0.05) is 30.1 Å². The van der Waals surface area contributed by atoms with Gasteiger partial charge in [-0.15, -0.1) is 0 Å². The van der Waals surface area contributed by atoms with Gasteiger partial charge in [0.25, 0.3) is 5.91 Å². The molecule has 168 valence electrons. The minimum absolute atomic E-state index is 0.176. The summed E-state index contributed by atoms with van der Waals surface area (Å²) in [6.45, 7) is 3.21. The molecule has 1 N–H and O–H groups in total. The van der Waals surface area contributed by atoms with Crippen molar-refractivity contribution in [2.75, 3.05) is 27.4 Å². The zero-order valence-electron chi connectivity index (χ0n) is 18.6. The number of hydrogen-bond donors (Lipinski definition) is 1. The molecule has 2 aromatic carbocycles. The fourth-order valence-electron chi connectivity index (χ4n) is 3.14. The van der Waals surface area contributed by atoms with Crippen LogP contribution in [0.1, 0.15) is 28.4 Å². The highest BCUT2D eigenvalue weighted by Crippen LogP contribution is 2.30. The Morgan fingerprint density at radius 1 is 0.906 bits per heavy atom. The molecule has 0 radical (unpaired) electrons. The highest BCUT2D eigenvalue weighted by atomic mass is 16.5. The van der Waals surface area contributed by atoms with Gasteiger partial charge in [-0.05, 0) is 55.3 Å². The van der Waals surface area contributed by atoms with Crippen LogP contribution in [0.3, 0.4) is 0 Å². The molecule has 1 amide bonds. The monoisotopic (exact) mass is 436 g/mol. The molecule has 3 rings (SSSR count). The topological polar surface area (TPSA) is 78.9 Å². The molecular formula is C25H28N2O5. The number of hydrogen-bond acceptors (Lipinski definition) is 6. The molecule has 32 heavy (non-hydrogen) atoms. The zero-order chi connectivity index (χ0) is 22.8. The van der Waals surface area contributed by atoms with Gasteiger partial charge >= 0.3 is 0 Å². The van der Waals surface area contributed by atoms with E-state index >= 15 is 0 Å². The molecule has 1 heterocycles.